The summed E-state index contributed by atoms with van der Waals surface area (Å²) < 4.78 is 20.4. The summed E-state index contributed by atoms with van der Waals surface area (Å²) in [6.07, 6.45) is 0.688. The highest BCUT2D eigenvalue weighted by Gasteiger charge is 2.17. The van der Waals surface area contributed by atoms with Gasteiger partial charge in [0, 0.05) is 24.6 Å². The quantitative estimate of drug-likeness (QED) is 0.894. The first-order chi connectivity index (χ1) is 9.15. The lowest BCUT2D eigenvalue weighted by atomic mass is 10.1. The maximum absolute atomic E-state index is 13.8. The molecule has 0 spiro atoms. The molecule has 0 aliphatic rings. The molecule has 1 aromatic carbocycles. The second kappa shape index (κ2) is 5.79. The Morgan fingerprint density at radius 1 is 1.47 bits per heavy atom. The Kier molecular flexibility index (Phi) is 4.11. The number of rotatable bonds is 5. The van der Waals surface area contributed by atoms with Gasteiger partial charge in [0.05, 0.1) is 13.2 Å². The van der Waals surface area contributed by atoms with E-state index in [1.807, 2.05) is 6.92 Å². The molecule has 0 amide bonds. The van der Waals surface area contributed by atoms with Gasteiger partial charge in [0.1, 0.15) is 23.7 Å². The van der Waals surface area contributed by atoms with Gasteiger partial charge in [-0.2, -0.15) is 5.10 Å². The molecule has 0 fully saturated rings. The number of benzene rings is 1. The van der Waals surface area contributed by atoms with Crippen LogP contribution in [0.15, 0.2) is 24.5 Å². The summed E-state index contributed by atoms with van der Waals surface area (Å²) in [5, 5.41) is 14.1. The van der Waals surface area contributed by atoms with Crippen LogP contribution in [0.2, 0.25) is 0 Å². The Bertz CT molecular complexity index is 557. The van der Waals surface area contributed by atoms with Crippen molar-refractivity contribution >= 4 is 0 Å². The lowest BCUT2D eigenvalue weighted by Gasteiger charge is -2.12. The van der Waals surface area contributed by atoms with E-state index in [0.29, 0.717) is 18.1 Å². The number of methoxy groups -OCH3 is 1. The van der Waals surface area contributed by atoms with Gasteiger partial charge >= 0.3 is 0 Å². The maximum Gasteiger partial charge on any atom is 0.138 e. The minimum atomic E-state index is -0.958. The van der Waals surface area contributed by atoms with E-state index in [-0.39, 0.29) is 12.0 Å². The molecule has 6 heteroatoms. The maximum atomic E-state index is 13.8. The van der Waals surface area contributed by atoms with Crippen LogP contribution in [0.25, 0.3) is 0 Å². The molecule has 1 aromatic heterocycles. The van der Waals surface area contributed by atoms with Crippen molar-refractivity contribution in [3.63, 3.8) is 0 Å². The second-order valence-corrected chi connectivity index (χ2v) is 4.10. The first-order valence-corrected chi connectivity index (χ1v) is 6.04. The summed E-state index contributed by atoms with van der Waals surface area (Å²) in [5.74, 6) is 0.560. The van der Waals surface area contributed by atoms with Crippen LogP contribution in [0.4, 0.5) is 4.39 Å². The summed E-state index contributed by atoms with van der Waals surface area (Å²) in [6.45, 7) is 2.59. The number of aryl methyl sites for hydroxylation is 1. The van der Waals surface area contributed by atoms with Crippen LogP contribution in [-0.2, 0) is 13.0 Å². The number of aliphatic hydroxyl groups is 1. The van der Waals surface area contributed by atoms with Gasteiger partial charge in [-0.15, -0.1) is 0 Å². The Labute approximate surface area is 110 Å². The normalized spacial score (nSPS) is 12.4. The average Bonchev–Trinajstić information content (AvgIpc) is 2.85. The zero-order chi connectivity index (χ0) is 13.8. The summed E-state index contributed by atoms with van der Waals surface area (Å²) in [5.41, 5.74) is 0.228. The molecule has 1 atom stereocenters. The smallest absolute Gasteiger partial charge is 0.138 e. The van der Waals surface area contributed by atoms with E-state index in [9.17, 15) is 9.50 Å². The number of ether oxygens (including phenoxy) is 1. The van der Waals surface area contributed by atoms with Crippen molar-refractivity contribution in [1.29, 1.82) is 0 Å². The van der Waals surface area contributed by atoms with Gasteiger partial charge in [0.2, 0.25) is 0 Å². The molecule has 19 heavy (non-hydrogen) atoms. The highest BCUT2D eigenvalue weighted by atomic mass is 19.1. The molecular weight excluding hydrogens is 249 g/mol. The Morgan fingerprint density at radius 3 is 2.89 bits per heavy atom. The van der Waals surface area contributed by atoms with Crippen molar-refractivity contribution in [3.05, 3.63) is 41.7 Å². The lowest BCUT2D eigenvalue weighted by molar-refractivity contribution is 0.169. The number of aromatic nitrogens is 3. The molecule has 0 saturated heterocycles. The third-order valence-corrected chi connectivity index (χ3v) is 2.94. The summed E-state index contributed by atoms with van der Waals surface area (Å²) in [7, 11) is 1.47. The van der Waals surface area contributed by atoms with E-state index in [2.05, 4.69) is 10.1 Å². The fourth-order valence-electron chi connectivity index (χ4n) is 1.90. The van der Waals surface area contributed by atoms with Gasteiger partial charge in [-0.05, 0) is 19.1 Å². The molecule has 1 unspecified atom stereocenters. The number of hydrogen-bond acceptors (Lipinski definition) is 4. The van der Waals surface area contributed by atoms with E-state index in [1.54, 1.807) is 10.7 Å². The first kappa shape index (κ1) is 13.5. The van der Waals surface area contributed by atoms with Crippen molar-refractivity contribution in [1.82, 2.24) is 14.8 Å². The van der Waals surface area contributed by atoms with Crippen molar-refractivity contribution < 1.29 is 14.2 Å². The SMILES string of the molecule is CCn1ncnc1CC(O)c1ccc(OC)cc1F. The summed E-state index contributed by atoms with van der Waals surface area (Å²) in [6, 6.07) is 4.39. The summed E-state index contributed by atoms with van der Waals surface area (Å²) in [4.78, 5) is 4.06. The summed E-state index contributed by atoms with van der Waals surface area (Å²) >= 11 is 0. The van der Waals surface area contributed by atoms with Crippen LogP contribution < -0.4 is 4.74 Å². The van der Waals surface area contributed by atoms with Crippen LogP contribution in [0.1, 0.15) is 24.4 Å². The minimum absolute atomic E-state index is 0.219. The fraction of sp³-hybridized carbons (Fsp3) is 0.385. The number of halogens is 1. The molecule has 0 saturated carbocycles. The van der Waals surface area contributed by atoms with Gasteiger partial charge < -0.3 is 9.84 Å². The molecule has 102 valence electrons. The largest absolute Gasteiger partial charge is 0.497 e. The van der Waals surface area contributed by atoms with Gasteiger partial charge in [0.15, 0.2) is 0 Å². The molecular formula is C13H16FN3O2. The minimum Gasteiger partial charge on any atom is -0.497 e. The highest BCUT2D eigenvalue weighted by Crippen LogP contribution is 2.24. The van der Waals surface area contributed by atoms with Crippen molar-refractivity contribution in [3.8, 4) is 5.75 Å². The zero-order valence-electron chi connectivity index (χ0n) is 10.9. The van der Waals surface area contributed by atoms with Gasteiger partial charge in [-0.3, -0.25) is 4.68 Å². The van der Waals surface area contributed by atoms with Gasteiger partial charge in [0.25, 0.3) is 0 Å². The topological polar surface area (TPSA) is 60.2 Å². The molecule has 2 aromatic rings. The predicted octanol–water partition coefficient (Wildman–Crippen LogP) is 1.72. The van der Waals surface area contributed by atoms with E-state index in [1.165, 1.54) is 25.6 Å². The van der Waals surface area contributed by atoms with Crippen LogP contribution in [-0.4, -0.2) is 27.0 Å². The van der Waals surface area contributed by atoms with E-state index in [4.69, 9.17) is 4.74 Å². The van der Waals surface area contributed by atoms with E-state index < -0.39 is 11.9 Å². The van der Waals surface area contributed by atoms with E-state index >= 15 is 0 Å². The predicted molar refractivity (Wildman–Crippen MR) is 67.3 cm³/mol. The lowest BCUT2D eigenvalue weighted by Crippen LogP contribution is -2.10. The first-order valence-electron chi connectivity index (χ1n) is 6.04. The third kappa shape index (κ3) is 2.90. The van der Waals surface area contributed by atoms with Gasteiger partial charge in [-0.1, -0.05) is 0 Å². The Hall–Kier alpha value is -1.95. The van der Waals surface area contributed by atoms with Crippen LogP contribution in [0.3, 0.4) is 0 Å². The van der Waals surface area contributed by atoms with Crippen LogP contribution in [0, 0.1) is 5.82 Å². The van der Waals surface area contributed by atoms with Crippen LogP contribution in [0.5, 0.6) is 5.75 Å². The molecule has 1 N–H and O–H groups in total. The van der Waals surface area contributed by atoms with E-state index in [0.717, 1.165) is 0 Å². The number of hydrogen-bond donors (Lipinski definition) is 1. The van der Waals surface area contributed by atoms with Crippen molar-refractivity contribution in [2.75, 3.05) is 7.11 Å². The standard InChI is InChI=1S/C13H16FN3O2/c1-3-17-13(15-8-16-17)7-12(18)10-5-4-9(19-2)6-11(10)14/h4-6,8,12,18H,3,7H2,1-2H3. The second-order valence-electron chi connectivity index (χ2n) is 4.10. The number of aliphatic hydroxyl groups excluding tert-OH is 1. The Balaban J connectivity index is 2.18. The third-order valence-electron chi connectivity index (χ3n) is 2.94. The van der Waals surface area contributed by atoms with Gasteiger partial charge in [-0.25, -0.2) is 9.37 Å². The molecule has 0 aliphatic heterocycles. The van der Waals surface area contributed by atoms with Crippen molar-refractivity contribution in [2.45, 2.75) is 26.0 Å². The zero-order valence-corrected chi connectivity index (χ0v) is 10.9. The Morgan fingerprint density at radius 2 is 2.26 bits per heavy atom. The molecule has 5 nitrogen and oxygen atoms in total. The fourth-order valence-corrected chi connectivity index (χ4v) is 1.90. The molecule has 1 heterocycles. The highest BCUT2D eigenvalue weighted by molar-refractivity contribution is 5.30. The molecule has 0 bridgehead atoms. The molecule has 2 rings (SSSR count). The average molecular weight is 265 g/mol. The van der Waals surface area contributed by atoms with Crippen molar-refractivity contribution in [2.24, 2.45) is 0 Å². The number of nitrogens with zero attached hydrogens (tertiary/aromatic N) is 3. The monoisotopic (exact) mass is 265 g/mol. The molecule has 0 aliphatic carbocycles. The van der Waals surface area contributed by atoms with Crippen LogP contribution >= 0.6 is 0 Å². The molecule has 0 radical (unpaired) electrons.